The van der Waals surface area contributed by atoms with Gasteiger partial charge in [0.2, 0.25) is 0 Å². The topological polar surface area (TPSA) is 40.9 Å². The molecule has 3 rings (SSSR count). The minimum absolute atomic E-state index is 0.576. The maximum Gasteiger partial charge on any atom is 0.143 e. The van der Waals surface area contributed by atoms with Crippen molar-refractivity contribution in [2.75, 3.05) is 6.16 Å². The van der Waals surface area contributed by atoms with E-state index in [9.17, 15) is 4.57 Å². The molecule has 2 nitrogen and oxygen atoms in total. The first-order valence-corrected chi connectivity index (χ1v) is 9.81. The molecule has 0 aliphatic carbocycles. The maximum atomic E-state index is 13.9. The summed E-state index contributed by atoms with van der Waals surface area (Å²) in [6.07, 6.45) is 1.29. The van der Waals surface area contributed by atoms with Crippen molar-refractivity contribution in [2.45, 2.75) is 6.42 Å². The molecule has 118 valence electrons. The molecule has 3 aromatic rings. The highest BCUT2D eigenvalue weighted by Gasteiger charge is 2.26. The largest absolute Gasteiger partial charge is 0.314 e. The van der Waals surface area contributed by atoms with Crippen LogP contribution in [0.3, 0.4) is 0 Å². The van der Waals surface area contributed by atoms with Crippen molar-refractivity contribution in [2.24, 2.45) is 0 Å². The van der Waals surface area contributed by atoms with Gasteiger partial charge in [0, 0.05) is 16.8 Å². The molecule has 0 radical (unpaired) electrons. The zero-order chi connectivity index (χ0) is 16.8. The molecule has 3 aromatic carbocycles. The monoisotopic (exact) mass is 331 g/mol. The minimum Gasteiger partial charge on any atom is -0.314 e. The number of nitriles is 1. The lowest BCUT2D eigenvalue weighted by atomic mass is 10.1. The third kappa shape index (κ3) is 3.48. The van der Waals surface area contributed by atoms with Gasteiger partial charge < -0.3 is 4.57 Å². The van der Waals surface area contributed by atoms with Crippen molar-refractivity contribution in [1.82, 2.24) is 0 Å². The molecule has 24 heavy (non-hydrogen) atoms. The van der Waals surface area contributed by atoms with E-state index in [1.165, 1.54) is 0 Å². The lowest BCUT2D eigenvalue weighted by Crippen LogP contribution is -2.19. The van der Waals surface area contributed by atoms with E-state index >= 15 is 0 Å². The van der Waals surface area contributed by atoms with Crippen LogP contribution in [-0.2, 0) is 11.0 Å². The van der Waals surface area contributed by atoms with E-state index in [-0.39, 0.29) is 0 Å². The lowest BCUT2D eigenvalue weighted by Gasteiger charge is -2.19. The summed E-state index contributed by atoms with van der Waals surface area (Å²) in [6, 6.07) is 29.1. The van der Waals surface area contributed by atoms with E-state index in [4.69, 9.17) is 5.26 Å². The van der Waals surface area contributed by atoms with Crippen LogP contribution in [0.2, 0.25) is 0 Å². The summed E-state index contributed by atoms with van der Waals surface area (Å²) in [5.74, 6) is 0. The molecule has 0 heterocycles. The summed E-state index contributed by atoms with van der Waals surface area (Å²) in [5, 5.41) is 10.7. The highest BCUT2D eigenvalue weighted by molar-refractivity contribution is 7.78. The smallest absolute Gasteiger partial charge is 0.143 e. The van der Waals surface area contributed by atoms with Crippen LogP contribution in [0.4, 0.5) is 0 Å². The molecule has 0 aliphatic heterocycles. The van der Waals surface area contributed by atoms with Crippen molar-refractivity contribution in [3.8, 4) is 6.07 Å². The molecule has 0 saturated heterocycles. The minimum atomic E-state index is -2.67. The van der Waals surface area contributed by atoms with Crippen LogP contribution in [0, 0.1) is 11.3 Å². The maximum absolute atomic E-state index is 13.9. The zero-order valence-corrected chi connectivity index (χ0v) is 14.2. The van der Waals surface area contributed by atoms with Crippen LogP contribution < -0.4 is 10.6 Å². The Balaban J connectivity index is 1.91. The Morgan fingerprint density at radius 1 is 0.750 bits per heavy atom. The predicted octanol–water partition coefficient (Wildman–Crippen LogP) is 4.11. The average molecular weight is 331 g/mol. The standard InChI is InChI=1S/C21H18NOP/c22-17-19-13-11-18(12-14-19)15-16-24(23,20-7-3-1-4-8-20)21-9-5-2-6-10-21/h1-14H,15-16H2. The van der Waals surface area contributed by atoms with E-state index < -0.39 is 7.14 Å². The van der Waals surface area contributed by atoms with Gasteiger partial charge in [-0.3, -0.25) is 0 Å². The number of benzene rings is 3. The molecular weight excluding hydrogens is 313 g/mol. The van der Waals surface area contributed by atoms with Crippen LogP contribution in [-0.4, -0.2) is 6.16 Å². The molecule has 0 atom stereocenters. The van der Waals surface area contributed by atoms with Gasteiger partial charge in [-0.25, -0.2) is 0 Å². The average Bonchev–Trinajstić information content (AvgIpc) is 2.68. The van der Waals surface area contributed by atoms with Gasteiger partial charge in [-0.05, 0) is 24.1 Å². The Morgan fingerprint density at radius 3 is 1.71 bits per heavy atom. The van der Waals surface area contributed by atoms with E-state index in [1.807, 2.05) is 84.9 Å². The Labute approximate surface area is 142 Å². The molecule has 0 saturated carbocycles. The molecule has 0 unspecified atom stereocenters. The normalized spacial score (nSPS) is 11.0. The van der Waals surface area contributed by atoms with Gasteiger partial charge in [0.05, 0.1) is 11.6 Å². The second kappa shape index (κ2) is 7.30. The van der Waals surface area contributed by atoms with Crippen LogP contribution in [0.15, 0.2) is 84.9 Å². The predicted molar refractivity (Wildman–Crippen MR) is 99.5 cm³/mol. The summed E-state index contributed by atoms with van der Waals surface area (Å²) in [5.41, 5.74) is 1.74. The number of rotatable bonds is 5. The summed E-state index contributed by atoms with van der Waals surface area (Å²) in [6.45, 7) is 0. The molecule has 0 aliphatic rings. The molecule has 0 amide bonds. The second-order valence-electron chi connectivity index (χ2n) is 5.69. The van der Waals surface area contributed by atoms with Crippen molar-refractivity contribution in [3.63, 3.8) is 0 Å². The van der Waals surface area contributed by atoms with Crippen LogP contribution in [0.1, 0.15) is 11.1 Å². The first-order valence-electron chi connectivity index (χ1n) is 7.92. The Bertz CT molecular complexity index is 837. The number of nitrogens with zero attached hydrogens (tertiary/aromatic N) is 1. The fourth-order valence-corrected chi connectivity index (χ4v) is 5.47. The van der Waals surface area contributed by atoms with Crippen molar-refractivity contribution in [3.05, 3.63) is 96.1 Å². The summed E-state index contributed by atoms with van der Waals surface area (Å²) in [7, 11) is -2.67. The highest BCUT2D eigenvalue weighted by Crippen LogP contribution is 2.43. The van der Waals surface area contributed by atoms with Crippen LogP contribution in [0.5, 0.6) is 0 Å². The van der Waals surface area contributed by atoms with Crippen LogP contribution >= 0.6 is 7.14 Å². The molecule has 0 fully saturated rings. The molecule has 0 aromatic heterocycles. The molecular formula is C21H18NOP. The summed E-state index contributed by atoms with van der Waals surface area (Å²) >= 11 is 0. The van der Waals surface area contributed by atoms with Gasteiger partial charge in [0.15, 0.2) is 0 Å². The number of aryl methyl sites for hydroxylation is 1. The first-order chi connectivity index (χ1) is 11.7. The molecule has 0 spiro atoms. The second-order valence-corrected chi connectivity index (χ2v) is 8.65. The van der Waals surface area contributed by atoms with Crippen molar-refractivity contribution in [1.29, 1.82) is 5.26 Å². The van der Waals surface area contributed by atoms with Gasteiger partial charge in [-0.15, -0.1) is 0 Å². The first kappa shape index (κ1) is 16.2. The van der Waals surface area contributed by atoms with E-state index in [0.717, 1.165) is 16.2 Å². The van der Waals surface area contributed by atoms with Gasteiger partial charge in [-0.2, -0.15) is 5.26 Å². The van der Waals surface area contributed by atoms with Gasteiger partial charge in [0.1, 0.15) is 7.14 Å². The van der Waals surface area contributed by atoms with Crippen molar-refractivity contribution >= 4 is 17.8 Å². The lowest BCUT2D eigenvalue weighted by molar-refractivity contribution is 0.586. The van der Waals surface area contributed by atoms with Crippen molar-refractivity contribution < 1.29 is 4.57 Å². The van der Waals surface area contributed by atoms with Crippen LogP contribution in [0.25, 0.3) is 0 Å². The molecule has 0 N–H and O–H groups in total. The molecule has 0 bridgehead atoms. The number of hydrogen-bond acceptors (Lipinski definition) is 2. The van der Waals surface area contributed by atoms with Gasteiger partial charge in [-0.1, -0.05) is 72.8 Å². The van der Waals surface area contributed by atoms with E-state index in [2.05, 4.69) is 6.07 Å². The Morgan fingerprint density at radius 2 is 1.25 bits per heavy atom. The third-order valence-corrected chi connectivity index (χ3v) is 7.26. The van der Waals surface area contributed by atoms with E-state index in [1.54, 1.807) is 0 Å². The quantitative estimate of drug-likeness (QED) is 0.660. The fraction of sp³-hybridized carbons (Fsp3) is 0.0952. The molecule has 3 heteroatoms. The zero-order valence-electron chi connectivity index (χ0n) is 13.3. The Kier molecular flexibility index (Phi) is 4.94. The fourth-order valence-electron chi connectivity index (χ4n) is 2.78. The summed E-state index contributed by atoms with van der Waals surface area (Å²) in [4.78, 5) is 0. The van der Waals surface area contributed by atoms with Gasteiger partial charge >= 0.3 is 0 Å². The third-order valence-electron chi connectivity index (χ3n) is 4.14. The summed E-state index contributed by atoms with van der Waals surface area (Å²) < 4.78 is 13.9. The Hall–Kier alpha value is -2.62. The highest BCUT2D eigenvalue weighted by atomic mass is 31.2. The SMILES string of the molecule is N#Cc1ccc(CCP(=O)(c2ccccc2)c2ccccc2)cc1. The van der Waals surface area contributed by atoms with E-state index in [0.29, 0.717) is 18.1 Å². The van der Waals surface area contributed by atoms with Gasteiger partial charge in [0.25, 0.3) is 0 Å². The number of hydrogen-bond donors (Lipinski definition) is 0.